The molecular formula is C42H48ClN11O5. The molecule has 4 aliphatic heterocycles. The molecule has 16 nitrogen and oxygen atoms in total. The number of rotatable bonds is 10. The number of nitrogens with zero attached hydrogens (tertiary/aromatic N) is 8. The molecular weight excluding hydrogens is 774 g/mol. The average Bonchev–Trinajstić information content (AvgIpc) is 3.68. The fourth-order valence-electron chi connectivity index (χ4n) is 9.82. The third kappa shape index (κ3) is 7.48. The fraction of sp³-hybridized carbons (Fsp3) is 0.476. The zero-order valence-corrected chi connectivity index (χ0v) is 34.2. The number of imide groups is 1. The number of hydrogen-bond donors (Lipinski definition) is 3. The van der Waals surface area contributed by atoms with E-state index in [9.17, 15) is 19.2 Å². The average molecular weight is 822 g/mol. The molecule has 59 heavy (non-hydrogen) atoms. The first-order chi connectivity index (χ1) is 28.5. The molecule has 3 amide bonds. The Balaban J connectivity index is 0.833. The molecule has 8 heterocycles. The lowest BCUT2D eigenvalue weighted by molar-refractivity contribution is -0.134. The number of carbonyl (C=O) groups excluding carboxylic acids is 3. The topological polar surface area (TPSA) is 181 Å². The van der Waals surface area contributed by atoms with E-state index in [1.54, 1.807) is 25.5 Å². The fourth-order valence-corrected chi connectivity index (χ4v) is 9.96. The summed E-state index contributed by atoms with van der Waals surface area (Å²) in [5.74, 6) is 0.909. The van der Waals surface area contributed by atoms with Gasteiger partial charge in [0.25, 0.3) is 11.5 Å². The molecule has 0 saturated carbocycles. The highest BCUT2D eigenvalue weighted by molar-refractivity contribution is 6.33. The van der Waals surface area contributed by atoms with Crippen LogP contribution in [-0.4, -0.2) is 97.3 Å². The highest BCUT2D eigenvalue weighted by atomic mass is 35.5. The van der Waals surface area contributed by atoms with Gasteiger partial charge in [-0.3, -0.25) is 38.6 Å². The van der Waals surface area contributed by atoms with Crippen molar-refractivity contribution < 1.29 is 19.1 Å². The van der Waals surface area contributed by atoms with E-state index < -0.39 is 11.5 Å². The number of piperidine rings is 3. The Hall–Kier alpha value is -5.61. The Labute approximate surface area is 345 Å². The second kappa shape index (κ2) is 15.9. The van der Waals surface area contributed by atoms with Gasteiger partial charge in [0.2, 0.25) is 17.8 Å². The summed E-state index contributed by atoms with van der Waals surface area (Å²) in [7, 11) is 5.09. The number of amides is 3. The third-order valence-corrected chi connectivity index (χ3v) is 13.1. The van der Waals surface area contributed by atoms with Crippen LogP contribution in [0.1, 0.15) is 74.5 Å². The Morgan fingerprint density at radius 1 is 1.00 bits per heavy atom. The van der Waals surface area contributed by atoms with E-state index in [0.717, 1.165) is 61.9 Å². The van der Waals surface area contributed by atoms with Crippen LogP contribution in [0.3, 0.4) is 0 Å². The zero-order valence-electron chi connectivity index (χ0n) is 33.4. The SMILES string of the molecule is CNC(=O)COc1cc2cc(Nc3nc(N4CCC(CN5[C@@H]6CC[C@H]5CC(c5cccc7c(C8CCC(=O)NC8=O)nn(C)c57)C6)CC4)ncc3Cl)cnc2n(C)c1=O. The van der Waals surface area contributed by atoms with Crippen LogP contribution < -0.4 is 31.1 Å². The predicted molar refractivity (Wildman–Crippen MR) is 223 cm³/mol. The zero-order chi connectivity index (χ0) is 40.9. The summed E-state index contributed by atoms with van der Waals surface area (Å²) >= 11 is 6.59. The number of aromatic nitrogens is 6. The number of para-hydroxylation sites is 1. The van der Waals surface area contributed by atoms with Gasteiger partial charge in [0, 0.05) is 70.1 Å². The van der Waals surface area contributed by atoms with Gasteiger partial charge in [0.05, 0.1) is 35.2 Å². The van der Waals surface area contributed by atoms with Crippen LogP contribution >= 0.6 is 11.6 Å². The Bertz CT molecular complexity index is 2520. The first-order valence-corrected chi connectivity index (χ1v) is 20.8. The summed E-state index contributed by atoms with van der Waals surface area (Å²) in [6.45, 7) is 2.52. The van der Waals surface area contributed by atoms with Crippen molar-refractivity contribution in [3.05, 3.63) is 69.4 Å². The minimum Gasteiger partial charge on any atom is -0.478 e. The van der Waals surface area contributed by atoms with Gasteiger partial charge in [-0.1, -0.05) is 29.8 Å². The van der Waals surface area contributed by atoms with Gasteiger partial charge < -0.3 is 20.3 Å². The van der Waals surface area contributed by atoms with Crippen LogP contribution in [0, 0.1) is 5.92 Å². The summed E-state index contributed by atoms with van der Waals surface area (Å²) in [5, 5.41) is 15.2. The van der Waals surface area contributed by atoms with Crippen LogP contribution in [0.15, 0.2) is 47.5 Å². The summed E-state index contributed by atoms with van der Waals surface area (Å²) in [4.78, 5) is 68.1. The Kier molecular flexibility index (Phi) is 10.5. The lowest BCUT2D eigenvalue weighted by atomic mass is 9.82. The molecule has 4 aromatic heterocycles. The van der Waals surface area contributed by atoms with Crippen LogP contribution in [0.4, 0.5) is 17.5 Å². The van der Waals surface area contributed by atoms with Gasteiger partial charge in [0.15, 0.2) is 18.2 Å². The molecule has 3 N–H and O–H groups in total. The lowest BCUT2D eigenvalue weighted by Gasteiger charge is -2.42. The molecule has 308 valence electrons. The van der Waals surface area contributed by atoms with E-state index >= 15 is 0 Å². The number of fused-ring (bicyclic) bond motifs is 4. The molecule has 2 bridgehead atoms. The molecule has 4 atom stereocenters. The number of aryl methyl sites for hydroxylation is 2. The molecule has 4 fully saturated rings. The normalized spacial score (nSPS) is 22.5. The van der Waals surface area contributed by atoms with Gasteiger partial charge in [-0.2, -0.15) is 10.1 Å². The molecule has 0 aliphatic carbocycles. The number of pyridine rings is 2. The second-order valence-electron chi connectivity index (χ2n) is 16.4. The largest absolute Gasteiger partial charge is 0.478 e. The first-order valence-electron chi connectivity index (χ1n) is 20.5. The number of carbonyl (C=O) groups is 3. The van der Waals surface area contributed by atoms with Crippen molar-refractivity contribution >= 4 is 68.7 Å². The maximum Gasteiger partial charge on any atom is 0.294 e. The minimum absolute atomic E-state index is 0.0486. The van der Waals surface area contributed by atoms with E-state index in [4.69, 9.17) is 26.4 Å². The maximum absolute atomic E-state index is 12.8. The summed E-state index contributed by atoms with van der Waals surface area (Å²) in [5.41, 5.74) is 3.90. The summed E-state index contributed by atoms with van der Waals surface area (Å²) in [6.07, 6.45) is 10.8. The molecule has 0 spiro atoms. The van der Waals surface area contributed by atoms with E-state index in [2.05, 4.69) is 53.9 Å². The van der Waals surface area contributed by atoms with E-state index in [0.29, 0.717) is 70.3 Å². The van der Waals surface area contributed by atoms with Crippen LogP contribution in [0.2, 0.25) is 5.02 Å². The molecule has 9 rings (SSSR count). The van der Waals surface area contributed by atoms with E-state index in [1.165, 1.54) is 30.0 Å². The first kappa shape index (κ1) is 38.9. The van der Waals surface area contributed by atoms with Gasteiger partial charge in [-0.05, 0) is 74.5 Å². The van der Waals surface area contributed by atoms with Crippen molar-refractivity contribution in [1.29, 1.82) is 0 Å². The van der Waals surface area contributed by atoms with Crippen LogP contribution in [-0.2, 0) is 28.5 Å². The van der Waals surface area contributed by atoms with Gasteiger partial charge in [-0.15, -0.1) is 0 Å². The highest BCUT2D eigenvalue weighted by Gasteiger charge is 2.43. The molecule has 0 radical (unpaired) electrons. The number of hydrogen-bond acceptors (Lipinski definition) is 12. The third-order valence-electron chi connectivity index (χ3n) is 12.8. The summed E-state index contributed by atoms with van der Waals surface area (Å²) in [6, 6.07) is 10.9. The Morgan fingerprint density at radius 2 is 1.78 bits per heavy atom. The number of benzene rings is 1. The Morgan fingerprint density at radius 3 is 2.53 bits per heavy atom. The number of anilines is 3. The van der Waals surface area contributed by atoms with Crippen molar-refractivity contribution in [1.82, 2.24) is 44.8 Å². The van der Waals surface area contributed by atoms with Crippen LogP contribution in [0.25, 0.3) is 21.9 Å². The van der Waals surface area contributed by atoms with E-state index in [-0.39, 0.29) is 30.1 Å². The molecule has 1 aromatic carbocycles. The number of halogens is 1. The molecule has 2 unspecified atom stereocenters. The molecule has 5 aromatic rings. The molecule has 4 aliphatic rings. The van der Waals surface area contributed by atoms with Crippen molar-refractivity contribution in [2.75, 3.05) is 43.5 Å². The van der Waals surface area contributed by atoms with Crippen molar-refractivity contribution in [3.63, 3.8) is 0 Å². The molecule has 17 heteroatoms. The van der Waals surface area contributed by atoms with Gasteiger partial charge >= 0.3 is 0 Å². The van der Waals surface area contributed by atoms with E-state index in [1.807, 2.05) is 17.8 Å². The lowest BCUT2D eigenvalue weighted by Crippen LogP contribution is -2.47. The smallest absolute Gasteiger partial charge is 0.294 e. The molecule has 4 saturated heterocycles. The minimum atomic E-state index is -0.409. The predicted octanol–water partition coefficient (Wildman–Crippen LogP) is 4.28. The maximum atomic E-state index is 12.8. The number of ether oxygens (including phenoxy) is 1. The highest BCUT2D eigenvalue weighted by Crippen LogP contribution is 2.46. The monoisotopic (exact) mass is 821 g/mol. The van der Waals surface area contributed by atoms with Gasteiger partial charge in [0.1, 0.15) is 10.7 Å². The standard InChI is InChI=1S/C42H48ClN11O5/c1-44-35(56)22-59-33-18-25-15-26(19-45-39(25)51(2)41(33)58)47-38-32(43)20-46-42(49-38)53-13-11-23(12-14-53)21-54-27-7-8-28(54)17-24(16-27)29-5-4-6-30-36(50-52(3)37(29)30)31-9-10-34(55)48-40(31)57/h4-6,15,18-20,23-24,27-28,31H,7-14,16-17,21-22H2,1-3H3,(H,44,56)(H,46,47,49)(H,48,55,57)/t24?,27-,28+,31?. The van der Waals surface area contributed by atoms with Gasteiger partial charge in [-0.25, -0.2) is 9.97 Å². The van der Waals surface area contributed by atoms with Crippen molar-refractivity contribution in [2.45, 2.75) is 75.3 Å². The van der Waals surface area contributed by atoms with Crippen molar-refractivity contribution in [3.8, 4) is 5.75 Å². The summed E-state index contributed by atoms with van der Waals surface area (Å²) < 4.78 is 8.83. The van der Waals surface area contributed by atoms with Crippen molar-refractivity contribution in [2.24, 2.45) is 20.0 Å². The van der Waals surface area contributed by atoms with Crippen LogP contribution in [0.5, 0.6) is 5.75 Å². The second-order valence-corrected chi connectivity index (χ2v) is 16.8. The number of likely N-dealkylation sites (N-methyl/N-ethyl adjacent to an activating group) is 1. The number of nitrogens with one attached hydrogen (secondary N) is 3. The quantitative estimate of drug-likeness (QED) is 0.171.